The molecule has 2 heterocycles. The van der Waals surface area contributed by atoms with Gasteiger partial charge in [0.25, 0.3) is 5.91 Å². The summed E-state index contributed by atoms with van der Waals surface area (Å²) < 4.78 is 7.68. The number of benzene rings is 1. The number of esters is 1. The third-order valence-electron chi connectivity index (χ3n) is 5.06. The van der Waals surface area contributed by atoms with E-state index in [-0.39, 0.29) is 42.3 Å². The molecule has 0 atom stereocenters. The maximum atomic E-state index is 12.7. The number of carbonyl (C=O) groups is 3. The Morgan fingerprint density at radius 1 is 1.26 bits per heavy atom. The molecule has 0 bridgehead atoms. The van der Waals surface area contributed by atoms with Crippen molar-refractivity contribution in [1.82, 2.24) is 9.88 Å². The van der Waals surface area contributed by atoms with Crippen LogP contribution in [0.5, 0.6) is 0 Å². The third-order valence-corrected chi connectivity index (χ3v) is 6.51. The molecule has 0 radical (unpaired) electrons. The predicted molar refractivity (Wildman–Crippen MR) is 138 cm³/mol. The molecule has 1 fully saturated rings. The summed E-state index contributed by atoms with van der Waals surface area (Å²) in [6.07, 6.45) is 3.65. The second kappa shape index (κ2) is 12.6. The average Bonchev–Trinajstić information content (AvgIpc) is 3.19. The minimum atomic E-state index is -0.427. The third kappa shape index (κ3) is 8.33. The topological polar surface area (TPSA) is 102 Å². The van der Waals surface area contributed by atoms with Crippen LogP contribution in [-0.4, -0.2) is 35.4 Å². The van der Waals surface area contributed by atoms with Crippen LogP contribution in [0.15, 0.2) is 39.2 Å². The van der Waals surface area contributed by atoms with Gasteiger partial charge in [-0.2, -0.15) is 4.99 Å². The molecule has 0 saturated carbocycles. The summed E-state index contributed by atoms with van der Waals surface area (Å²) in [5, 5.41) is 7.87. The molecule has 1 aliphatic rings. The number of amides is 2. The van der Waals surface area contributed by atoms with Crippen molar-refractivity contribution < 1.29 is 19.1 Å². The molecule has 2 amide bonds. The molecular weight excluding hydrogens is 544 g/mol. The molecule has 3 rings (SSSR count). The zero-order valence-corrected chi connectivity index (χ0v) is 22.6. The molecule has 8 nitrogen and oxygen atoms in total. The van der Waals surface area contributed by atoms with Crippen molar-refractivity contribution in [2.45, 2.75) is 46.8 Å². The Morgan fingerprint density at radius 2 is 1.97 bits per heavy atom. The van der Waals surface area contributed by atoms with Crippen molar-refractivity contribution in [2.24, 2.45) is 16.3 Å². The van der Waals surface area contributed by atoms with E-state index in [1.807, 2.05) is 20.8 Å². The van der Waals surface area contributed by atoms with Gasteiger partial charge in [-0.1, -0.05) is 20.8 Å². The average molecular weight is 574 g/mol. The van der Waals surface area contributed by atoms with Crippen molar-refractivity contribution in [3.05, 3.63) is 44.6 Å². The van der Waals surface area contributed by atoms with Gasteiger partial charge in [0, 0.05) is 28.0 Å². The first-order chi connectivity index (χ1) is 15.6. The smallest absolute Gasteiger partial charge is 0.310 e. The minimum absolute atomic E-state index is 0. The lowest BCUT2D eigenvalue weighted by molar-refractivity contribution is -0.153. The van der Waals surface area contributed by atoms with E-state index in [1.54, 1.807) is 34.3 Å². The molecule has 186 valence electrons. The number of hydrogen-bond donors (Lipinski definition) is 2. The number of ether oxygens (including phenoxy) is 1. The number of rotatable bonds is 6. The number of thiazole rings is 1. The summed E-state index contributed by atoms with van der Waals surface area (Å²) in [4.78, 5) is 41.8. The summed E-state index contributed by atoms with van der Waals surface area (Å²) >= 11 is 4.71. The van der Waals surface area contributed by atoms with Crippen molar-refractivity contribution in [2.75, 3.05) is 18.4 Å². The highest BCUT2D eigenvalue weighted by atomic mass is 79.9. The number of nitrogens with zero attached hydrogens (tertiary/aromatic N) is 2. The van der Waals surface area contributed by atoms with Gasteiger partial charge in [-0.15, -0.1) is 23.7 Å². The predicted octanol–water partition coefficient (Wildman–Crippen LogP) is 4.35. The van der Waals surface area contributed by atoms with E-state index < -0.39 is 5.91 Å². The van der Waals surface area contributed by atoms with Gasteiger partial charge in [0.15, 0.2) is 11.5 Å². The van der Waals surface area contributed by atoms with Crippen LogP contribution < -0.4 is 15.4 Å². The van der Waals surface area contributed by atoms with Crippen molar-refractivity contribution in [1.29, 1.82) is 0 Å². The van der Waals surface area contributed by atoms with Gasteiger partial charge in [0.05, 0.1) is 11.6 Å². The van der Waals surface area contributed by atoms with Gasteiger partial charge in [0.2, 0.25) is 5.91 Å². The second-order valence-corrected chi connectivity index (χ2v) is 10.9. The summed E-state index contributed by atoms with van der Waals surface area (Å²) in [7, 11) is 0. The van der Waals surface area contributed by atoms with Crippen LogP contribution in [0, 0.1) is 11.3 Å². The van der Waals surface area contributed by atoms with Gasteiger partial charge >= 0.3 is 5.97 Å². The molecule has 11 heteroatoms. The highest BCUT2D eigenvalue weighted by Gasteiger charge is 2.22. The number of nitrogens with one attached hydrogen (secondary N) is 2. The summed E-state index contributed by atoms with van der Waals surface area (Å²) in [5.74, 6) is -0.831. The quantitative estimate of drug-likeness (QED) is 0.501. The summed E-state index contributed by atoms with van der Waals surface area (Å²) in [6, 6.07) is 4.93. The van der Waals surface area contributed by atoms with Crippen molar-refractivity contribution >= 4 is 63.1 Å². The number of hydrogen-bond acceptors (Lipinski definition) is 6. The van der Waals surface area contributed by atoms with Gasteiger partial charge < -0.3 is 15.4 Å². The first kappa shape index (κ1) is 28.2. The number of piperidine rings is 1. The second-order valence-electron chi connectivity index (χ2n) is 9.17. The SMILES string of the molecule is CC(C)(C)CC(=O)Nc1ccc(C(=O)N=c2sccn2COC(=O)C2CCNCC2)cc1Br.Cl. The highest BCUT2D eigenvalue weighted by molar-refractivity contribution is 9.10. The summed E-state index contributed by atoms with van der Waals surface area (Å²) in [5.41, 5.74) is 0.850. The lowest BCUT2D eigenvalue weighted by Gasteiger charge is -2.20. The van der Waals surface area contributed by atoms with Gasteiger partial charge in [0.1, 0.15) is 0 Å². The summed E-state index contributed by atoms with van der Waals surface area (Å²) in [6.45, 7) is 7.63. The number of halogens is 2. The van der Waals surface area contributed by atoms with Crippen LogP contribution in [0.4, 0.5) is 5.69 Å². The van der Waals surface area contributed by atoms with E-state index >= 15 is 0 Å². The molecule has 2 aromatic rings. The zero-order chi connectivity index (χ0) is 24.0. The minimum Gasteiger partial charge on any atom is -0.444 e. The molecule has 1 aromatic carbocycles. The van der Waals surface area contributed by atoms with E-state index in [0.29, 0.717) is 26.9 Å². The van der Waals surface area contributed by atoms with Crippen molar-refractivity contribution in [3.63, 3.8) is 0 Å². The van der Waals surface area contributed by atoms with Crippen LogP contribution in [0.3, 0.4) is 0 Å². The fraction of sp³-hybridized carbons (Fsp3) is 0.478. The van der Waals surface area contributed by atoms with E-state index in [0.717, 1.165) is 25.9 Å². The Bertz CT molecular complexity index is 1090. The molecule has 0 aliphatic carbocycles. The van der Waals surface area contributed by atoms with Gasteiger partial charge in [-0.25, -0.2) is 0 Å². The fourth-order valence-corrected chi connectivity index (χ4v) is 4.56. The first-order valence-corrected chi connectivity index (χ1v) is 12.5. The number of anilines is 1. The Labute approximate surface area is 217 Å². The monoisotopic (exact) mass is 572 g/mol. The van der Waals surface area contributed by atoms with E-state index in [9.17, 15) is 14.4 Å². The Kier molecular flexibility index (Phi) is 10.5. The van der Waals surface area contributed by atoms with Gasteiger partial charge in [-0.05, 0) is 65.5 Å². The number of aromatic nitrogens is 1. The molecular formula is C23H30BrClN4O4S. The normalized spacial score (nSPS) is 14.9. The molecule has 0 spiro atoms. The fourth-order valence-electron chi connectivity index (χ4n) is 3.37. The zero-order valence-electron chi connectivity index (χ0n) is 19.4. The maximum Gasteiger partial charge on any atom is 0.310 e. The van der Waals surface area contributed by atoms with Crippen LogP contribution in [0.2, 0.25) is 0 Å². The number of carbonyl (C=O) groups excluding carboxylic acids is 3. The Morgan fingerprint density at radius 3 is 2.62 bits per heavy atom. The van der Waals surface area contributed by atoms with E-state index in [1.165, 1.54) is 11.3 Å². The first-order valence-electron chi connectivity index (χ1n) is 10.8. The van der Waals surface area contributed by atoms with Crippen LogP contribution >= 0.6 is 39.7 Å². The molecule has 1 saturated heterocycles. The molecule has 1 aromatic heterocycles. The van der Waals surface area contributed by atoms with Crippen LogP contribution in [0.25, 0.3) is 0 Å². The lowest BCUT2D eigenvalue weighted by atomic mass is 9.92. The van der Waals surface area contributed by atoms with Crippen molar-refractivity contribution in [3.8, 4) is 0 Å². The van der Waals surface area contributed by atoms with Crippen LogP contribution in [-0.2, 0) is 21.1 Å². The molecule has 1 aliphatic heterocycles. The molecule has 34 heavy (non-hydrogen) atoms. The Hall–Kier alpha value is -2.01. The standard InChI is InChI=1S/C23H29BrN4O4S.ClH/c1-23(2,3)13-19(29)26-18-5-4-16(12-17(18)24)20(30)27-22-28(10-11-33-22)14-32-21(31)15-6-8-25-9-7-15;/h4-5,10-12,15,25H,6-9,13-14H2,1-3H3,(H,26,29);1H. The van der Waals surface area contributed by atoms with Crippen LogP contribution in [0.1, 0.15) is 50.4 Å². The largest absolute Gasteiger partial charge is 0.444 e. The molecule has 2 N–H and O–H groups in total. The molecule has 0 unspecified atom stereocenters. The Balaban J connectivity index is 0.00000408. The van der Waals surface area contributed by atoms with E-state index in [4.69, 9.17) is 4.74 Å². The van der Waals surface area contributed by atoms with E-state index in [2.05, 4.69) is 31.6 Å². The maximum absolute atomic E-state index is 12.7. The van der Waals surface area contributed by atoms with Gasteiger partial charge in [-0.3, -0.25) is 19.0 Å². The lowest BCUT2D eigenvalue weighted by Crippen LogP contribution is -2.33. The highest BCUT2D eigenvalue weighted by Crippen LogP contribution is 2.26.